The molecule has 1 unspecified atom stereocenters. The summed E-state index contributed by atoms with van der Waals surface area (Å²) >= 11 is 0. The van der Waals surface area contributed by atoms with Crippen LogP contribution in [0.5, 0.6) is 0 Å². The van der Waals surface area contributed by atoms with Gasteiger partial charge in [0.05, 0.1) is 18.4 Å². The number of hydrogen-bond donors (Lipinski definition) is 1. The molecule has 9 heteroatoms. The SMILES string of the molecule is O=C(NC1CCCN(c2ccc(C(F)(F)F)cn2)C1)C1CCN(Cc2ccco2)CC1. The van der Waals surface area contributed by atoms with Crippen molar-refractivity contribution in [3.63, 3.8) is 0 Å². The number of alkyl halides is 3. The van der Waals surface area contributed by atoms with Gasteiger partial charge in [0.25, 0.3) is 0 Å². The molecule has 2 fully saturated rings. The third kappa shape index (κ3) is 5.58. The van der Waals surface area contributed by atoms with E-state index in [1.807, 2.05) is 17.0 Å². The van der Waals surface area contributed by atoms with Gasteiger partial charge in [0.1, 0.15) is 11.6 Å². The Morgan fingerprint density at radius 2 is 1.97 bits per heavy atom. The predicted molar refractivity (Wildman–Crippen MR) is 109 cm³/mol. The maximum atomic E-state index is 12.8. The van der Waals surface area contributed by atoms with Gasteiger partial charge in [-0.2, -0.15) is 13.2 Å². The number of rotatable bonds is 5. The monoisotopic (exact) mass is 436 g/mol. The standard InChI is InChI=1S/C22H27F3N4O2/c23-22(24,25)17-5-6-20(26-13-17)29-9-1-3-18(14-29)27-21(30)16-7-10-28(11-8-16)15-19-4-2-12-31-19/h2,4-6,12-13,16,18H,1,3,7-11,14-15H2,(H,27,30). The Morgan fingerprint density at radius 1 is 1.16 bits per heavy atom. The Hall–Kier alpha value is -2.55. The van der Waals surface area contributed by atoms with Gasteiger partial charge in [0, 0.05) is 31.2 Å². The summed E-state index contributed by atoms with van der Waals surface area (Å²) in [6, 6.07) is 6.27. The molecule has 31 heavy (non-hydrogen) atoms. The molecule has 0 saturated carbocycles. The third-order valence-electron chi connectivity index (χ3n) is 6.08. The highest BCUT2D eigenvalue weighted by Crippen LogP contribution is 2.30. The van der Waals surface area contributed by atoms with E-state index in [0.29, 0.717) is 12.4 Å². The van der Waals surface area contributed by atoms with E-state index in [9.17, 15) is 18.0 Å². The first-order valence-corrected chi connectivity index (χ1v) is 10.7. The van der Waals surface area contributed by atoms with Crippen molar-refractivity contribution in [2.24, 2.45) is 5.92 Å². The number of amides is 1. The van der Waals surface area contributed by atoms with Crippen molar-refractivity contribution in [2.75, 3.05) is 31.1 Å². The van der Waals surface area contributed by atoms with Crippen LogP contribution in [0.4, 0.5) is 19.0 Å². The van der Waals surface area contributed by atoms with E-state index in [-0.39, 0.29) is 17.9 Å². The zero-order valence-electron chi connectivity index (χ0n) is 17.3. The van der Waals surface area contributed by atoms with Gasteiger partial charge in [-0.05, 0) is 63.0 Å². The lowest BCUT2D eigenvalue weighted by Gasteiger charge is -2.36. The van der Waals surface area contributed by atoms with Crippen molar-refractivity contribution >= 4 is 11.7 Å². The summed E-state index contributed by atoms with van der Waals surface area (Å²) in [7, 11) is 0. The highest BCUT2D eigenvalue weighted by molar-refractivity contribution is 5.79. The fraction of sp³-hybridized carbons (Fsp3) is 0.545. The van der Waals surface area contributed by atoms with Crippen molar-refractivity contribution < 1.29 is 22.4 Å². The van der Waals surface area contributed by atoms with E-state index < -0.39 is 11.7 Å². The second kappa shape index (κ2) is 9.30. The normalized spacial score (nSPS) is 21.3. The summed E-state index contributed by atoms with van der Waals surface area (Å²) in [5, 5.41) is 3.16. The molecule has 1 N–H and O–H groups in total. The third-order valence-corrected chi connectivity index (χ3v) is 6.08. The number of nitrogens with zero attached hydrogens (tertiary/aromatic N) is 3. The Labute approximate surface area is 179 Å². The first-order valence-electron chi connectivity index (χ1n) is 10.7. The molecule has 2 aromatic rings. The van der Waals surface area contributed by atoms with Gasteiger partial charge in [-0.1, -0.05) is 0 Å². The molecule has 4 rings (SSSR count). The number of furan rings is 1. The van der Waals surface area contributed by atoms with Crippen LogP contribution in [0.1, 0.15) is 37.0 Å². The van der Waals surface area contributed by atoms with E-state index in [4.69, 9.17) is 4.42 Å². The van der Waals surface area contributed by atoms with Gasteiger partial charge in [0.2, 0.25) is 5.91 Å². The molecule has 168 valence electrons. The topological polar surface area (TPSA) is 61.6 Å². The molecule has 0 aromatic carbocycles. The predicted octanol–water partition coefficient (Wildman–Crippen LogP) is 3.69. The zero-order valence-corrected chi connectivity index (χ0v) is 17.3. The molecule has 0 spiro atoms. The Balaban J connectivity index is 1.26. The largest absolute Gasteiger partial charge is 0.468 e. The fourth-order valence-corrected chi connectivity index (χ4v) is 4.34. The zero-order chi connectivity index (χ0) is 21.8. The lowest BCUT2D eigenvalue weighted by Crippen LogP contribution is -2.50. The average Bonchev–Trinajstić information content (AvgIpc) is 3.27. The van der Waals surface area contributed by atoms with E-state index in [2.05, 4.69) is 15.2 Å². The minimum atomic E-state index is -4.39. The molecule has 2 saturated heterocycles. The lowest BCUT2D eigenvalue weighted by molar-refractivity contribution is -0.137. The van der Waals surface area contributed by atoms with Gasteiger partial charge in [-0.25, -0.2) is 4.98 Å². The number of likely N-dealkylation sites (tertiary alicyclic amines) is 1. The molecule has 1 amide bonds. The highest BCUT2D eigenvalue weighted by atomic mass is 19.4. The van der Waals surface area contributed by atoms with E-state index in [1.165, 1.54) is 6.07 Å². The molecule has 2 aliphatic heterocycles. The minimum Gasteiger partial charge on any atom is -0.468 e. The molecule has 2 aliphatic rings. The van der Waals surface area contributed by atoms with E-state index in [1.54, 1.807) is 6.26 Å². The van der Waals surface area contributed by atoms with E-state index in [0.717, 1.165) is 69.9 Å². The van der Waals surface area contributed by atoms with Crippen molar-refractivity contribution in [1.82, 2.24) is 15.2 Å². The lowest BCUT2D eigenvalue weighted by atomic mass is 9.94. The molecular formula is C22H27F3N4O2. The number of halogens is 3. The second-order valence-corrected chi connectivity index (χ2v) is 8.33. The van der Waals surface area contributed by atoms with Gasteiger partial charge < -0.3 is 14.6 Å². The average molecular weight is 436 g/mol. The van der Waals surface area contributed by atoms with Crippen LogP contribution in [0.2, 0.25) is 0 Å². The quantitative estimate of drug-likeness (QED) is 0.775. The minimum absolute atomic E-state index is 0.00702. The number of carbonyl (C=O) groups excluding carboxylic acids is 1. The number of aromatic nitrogens is 1. The number of anilines is 1. The first-order chi connectivity index (χ1) is 14.9. The van der Waals surface area contributed by atoms with Crippen molar-refractivity contribution in [1.29, 1.82) is 0 Å². The van der Waals surface area contributed by atoms with Crippen molar-refractivity contribution in [3.05, 3.63) is 48.0 Å². The summed E-state index contributed by atoms with van der Waals surface area (Å²) in [5.74, 6) is 1.51. The van der Waals surface area contributed by atoms with Crippen molar-refractivity contribution in [2.45, 2.75) is 44.4 Å². The van der Waals surface area contributed by atoms with Crippen LogP contribution in [-0.2, 0) is 17.5 Å². The first kappa shape index (κ1) is 21.7. The molecule has 6 nitrogen and oxygen atoms in total. The fourth-order valence-electron chi connectivity index (χ4n) is 4.34. The van der Waals surface area contributed by atoms with Crippen LogP contribution in [0, 0.1) is 5.92 Å². The Bertz CT molecular complexity index is 847. The van der Waals surface area contributed by atoms with Crippen LogP contribution >= 0.6 is 0 Å². The van der Waals surface area contributed by atoms with Gasteiger partial charge in [-0.15, -0.1) is 0 Å². The van der Waals surface area contributed by atoms with Crippen LogP contribution in [0.25, 0.3) is 0 Å². The summed E-state index contributed by atoms with van der Waals surface area (Å²) in [5.41, 5.74) is -0.753. The highest BCUT2D eigenvalue weighted by Gasteiger charge is 2.32. The van der Waals surface area contributed by atoms with Crippen LogP contribution in [0.3, 0.4) is 0 Å². The number of piperidine rings is 2. The Morgan fingerprint density at radius 3 is 2.61 bits per heavy atom. The van der Waals surface area contributed by atoms with Crippen LogP contribution in [0.15, 0.2) is 41.1 Å². The van der Waals surface area contributed by atoms with E-state index >= 15 is 0 Å². The molecule has 4 heterocycles. The number of carbonyl (C=O) groups is 1. The summed E-state index contributed by atoms with van der Waals surface area (Å²) in [6.07, 6.45) is 1.48. The molecule has 0 aliphatic carbocycles. The van der Waals surface area contributed by atoms with Crippen molar-refractivity contribution in [3.8, 4) is 0 Å². The maximum Gasteiger partial charge on any atom is 0.417 e. The number of pyridine rings is 1. The molecule has 2 aromatic heterocycles. The Kier molecular flexibility index (Phi) is 6.50. The smallest absolute Gasteiger partial charge is 0.417 e. The summed E-state index contributed by atoms with van der Waals surface area (Å²) in [4.78, 5) is 21.0. The maximum absolute atomic E-state index is 12.8. The van der Waals surface area contributed by atoms with Gasteiger partial charge in [-0.3, -0.25) is 9.69 Å². The molecule has 0 radical (unpaired) electrons. The number of nitrogens with one attached hydrogen (secondary N) is 1. The summed E-state index contributed by atoms with van der Waals surface area (Å²) in [6.45, 7) is 3.74. The molecule has 0 bridgehead atoms. The van der Waals surface area contributed by atoms with Gasteiger partial charge >= 0.3 is 6.18 Å². The second-order valence-electron chi connectivity index (χ2n) is 8.33. The van der Waals surface area contributed by atoms with Crippen LogP contribution < -0.4 is 10.2 Å². The molecular weight excluding hydrogens is 409 g/mol. The van der Waals surface area contributed by atoms with Crippen LogP contribution in [-0.4, -0.2) is 48.0 Å². The van der Waals surface area contributed by atoms with Gasteiger partial charge in [0.15, 0.2) is 0 Å². The number of hydrogen-bond acceptors (Lipinski definition) is 5. The summed E-state index contributed by atoms with van der Waals surface area (Å²) < 4.78 is 43.7. The molecule has 1 atom stereocenters.